The Bertz CT molecular complexity index is 742. The number of halogens is 1. The minimum atomic E-state index is 0. The van der Waals surface area contributed by atoms with Crippen molar-refractivity contribution in [3.05, 3.63) is 33.8 Å². The fourth-order valence-electron chi connectivity index (χ4n) is 2.60. The number of methoxy groups -OCH3 is 3. The summed E-state index contributed by atoms with van der Waals surface area (Å²) in [6, 6.07) is 3.72. The van der Waals surface area contributed by atoms with E-state index in [1.54, 1.807) is 39.7 Å². The summed E-state index contributed by atoms with van der Waals surface area (Å²) in [6.07, 6.45) is 3.66. The van der Waals surface area contributed by atoms with Gasteiger partial charge in [-0.1, -0.05) is 6.92 Å². The molecule has 7 nitrogen and oxygen atoms in total. The number of nitrogens with zero attached hydrogens (tertiary/aromatic N) is 2. The van der Waals surface area contributed by atoms with Crippen LogP contribution in [-0.2, 0) is 19.4 Å². The Morgan fingerprint density at radius 1 is 1.11 bits per heavy atom. The second-order valence-corrected chi connectivity index (χ2v) is 6.89. The van der Waals surface area contributed by atoms with Crippen molar-refractivity contribution in [1.82, 2.24) is 15.6 Å². The molecular formula is C19H29IN4O3S. The molecule has 0 bridgehead atoms. The van der Waals surface area contributed by atoms with Crippen molar-refractivity contribution in [2.45, 2.75) is 26.3 Å². The molecule has 0 saturated carbocycles. The molecule has 2 N–H and O–H groups in total. The van der Waals surface area contributed by atoms with Crippen LogP contribution in [0.4, 0.5) is 0 Å². The summed E-state index contributed by atoms with van der Waals surface area (Å²) in [5.74, 6) is 2.92. The summed E-state index contributed by atoms with van der Waals surface area (Å²) in [7, 11) is 6.66. The van der Waals surface area contributed by atoms with Gasteiger partial charge in [-0.3, -0.25) is 4.99 Å². The maximum absolute atomic E-state index is 5.49. The van der Waals surface area contributed by atoms with Gasteiger partial charge in [0.1, 0.15) is 22.3 Å². The second kappa shape index (κ2) is 12.7. The van der Waals surface area contributed by atoms with Crippen LogP contribution >= 0.6 is 35.3 Å². The zero-order valence-corrected chi connectivity index (χ0v) is 20.1. The van der Waals surface area contributed by atoms with Crippen LogP contribution in [0.2, 0.25) is 0 Å². The van der Waals surface area contributed by atoms with Crippen LogP contribution in [-0.4, -0.2) is 45.9 Å². The molecule has 1 heterocycles. The molecule has 0 atom stereocenters. The smallest absolute Gasteiger partial charge is 0.191 e. The average molecular weight is 520 g/mol. The summed E-state index contributed by atoms with van der Waals surface area (Å²) in [5.41, 5.74) is 0.983. The van der Waals surface area contributed by atoms with Crippen LogP contribution in [0.1, 0.15) is 22.4 Å². The number of hydrogen-bond donors (Lipinski definition) is 2. The van der Waals surface area contributed by atoms with E-state index < -0.39 is 0 Å². The highest BCUT2D eigenvalue weighted by Gasteiger charge is 2.13. The van der Waals surface area contributed by atoms with E-state index in [2.05, 4.69) is 27.5 Å². The molecule has 2 rings (SSSR count). The number of benzene rings is 1. The van der Waals surface area contributed by atoms with E-state index in [1.807, 2.05) is 18.3 Å². The molecule has 0 spiro atoms. The number of hydrogen-bond acceptors (Lipinski definition) is 6. The molecular weight excluding hydrogens is 491 g/mol. The van der Waals surface area contributed by atoms with Gasteiger partial charge in [-0.2, -0.15) is 0 Å². The Morgan fingerprint density at radius 3 is 2.29 bits per heavy atom. The van der Waals surface area contributed by atoms with Gasteiger partial charge in [0.2, 0.25) is 0 Å². The van der Waals surface area contributed by atoms with Gasteiger partial charge >= 0.3 is 0 Å². The number of ether oxygens (including phenoxy) is 3. The van der Waals surface area contributed by atoms with Crippen LogP contribution < -0.4 is 24.8 Å². The van der Waals surface area contributed by atoms with Crippen LogP contribution in [0.3, 0.4) is 0 Å². The molecule has 1 aromatic carbocycles. The van der Waals surface area contributed by atoms with E-state index in [4.69, 9.17) is 14.2 Å². The SMILES string of the molecule is CCc1cnc(CNC(=NC)NCCc2c(OC)cc(OC)cc2OC)s1.I. The first-order valence-corrected chi connectivity index (χ1v) is 9.63. The van der Waals surface area contributed by atoms with Crippen molar-refractivity contribution < 1.29 is 14.2 Å². The van der Waals surface area contributed by atoms with Crippen molar-refractivity contribution in [2.24, 2.45) is 4.99 Å². The van der Waals surface area contributed by atoms with Crippen LogP contribution in [0, 0.1) is 0 Å². The number of aliphatic imine (C=N–C) groups is 1. The Kier molecular flexibility index (Phi) is 11.0. The van der Waals surface area contributed by atoms with Crippen molar-refractivity contribution >= 4 is 41.3 Å². The maximum atomic E-state index is 5.49. The number of guanidine groups is 1. The predicted molar refractivity (Wildman–Crippen MR) is 125 cm³/mol. The molecule has 0 unspecified atom stereocenters. The third kappa shape index (κ3) is 6.69. The van der Waals surface area contributed by atoms with Gasteiger partial charge in [0.15, 0.2) is 5.96 Å². The quantitative estimate of drug-likeness (QED) is 0.301. The monoisotopic (exact) mass is 520 g/mol. The molecule has 0 aliphatic carbocycles. The predicted octanol–water partition coefficient (Wildman–Crippen LogP) is 3.26. The second-order valence-electron chi connectivity index (χ2n) is 5.69. The number of thiazole rings is 1. The lowest BCUT2D eigenvalue weighted by atomic mass is 10.1. The molecule has 2 aromatic rings. The molecule has 0 fully saturated rings. The number of rotatable bonds is 9. The lowest BCUT2D eigenvalue weighted by molar-refractivity contribution is 0.368. The van der Waals surface area contributed by atoms with E-state index in [1.165, 1.54) is 4.88 Å². The van der Waals surface area contributed by atoms with Gasteiger partial charge in [-0.25, -0.2) is 4.98 Å². The summed E-state index contributed by atoms with van der Waals surface area (Å²) in [6.45, 7) is 3.46. The Balaban J connectivity index is 0.00000392. The third-order valence-corrected chi connectivity index (χ3v) is 5.21. The lowest BCUT2D eigenvalue weighted by Gasteiger charge is -2.16. The van der Waals surface area contributed by atoms with Crippen molar-refractivity contribution in [3.63, 3.8) is 0 Å². The molecule has 0 amide bonds. The zero-order chi connectivity index (χ0) is 19.6. The normalized spacial score (nSPS) is 10.8. The van der Waals surface area contributed by atoms with Gasteiger partial charge in [0.05, 0.1) is 27.9 Å². The molecule has 0 aliphatic heterocycles. The fraction of sp³-hybridized carbons (Fsp3) is 0.474. The van der Waals surface area contributed by atoms with Gasteiger partial charge in [0, 0.05) is 42.4 Å². The molecule has 9 heteroatoms. The zero-order valence-electron chi connectivity index (χ0n) is 17.0. The highest BCUT2D eigenvalue weighted by Crippen LogP contribution is 2.34. The molecule has 0 saturated heterocycles. The van der Waals surface area contributed by atoms with E-state index >= 15 is 0 Å². The standard InChI is InChI=1S/C19H28N4O3S.HI/c1-6-14-11-22-18(27-14)12-23-19(20-2)21-8-7-15-16(25-4)9-13(24-3)10-17(15)26-5;/h9-11H,6-8,12H2,1-5H3,(H2,20,21,23);1H. The van der Waals surface area contributed by atoms with Crippen molar-refractivity contribution in [3.8, 4) is 17.2 Å². The van der Waals surface area contributed by atoms with Crippen LogP contribution in [0.25, 0.3) is 0 Å². The van der Waals surface area contributed by atoms with Gasteiger partial charge in [0.25, 0.3) is 0 Å². The Hall–Kier alpha value is -1.75. The molecule has 156 valence electrons. The highest BCUT2D eigenvalue weighted by molar-refractivity contribution is 14.0. The lowest BCUT2D eigenvalue weighted by Crippen LogP contribution is -2.37. The minimum absolute atomic E-state index is 0. The topological polar surface area (TPSA) is 77.0 Å². The number of nitrogens with one attached hydrogen (secondary N) is 2. The third-order valence-electron chi connectivity index (χ3n) is 4.07. The van der Waals surface area contributed by atoms with Gasteiger partial charge in [-0.15, -0.1) is 35.3 Å². The molecule has 0 aliphatic rings. The van der Waals surface area contributed by atoms with Gasteiger partial charge in [-0.05, 0) is 12.8 Å². The van der Waals surface area contributed by atoms with E-state index in [-0.39, 0.29) is 24.0 Å². The van der Waals surface area contributed by atoms with E-state index in [0.29, 0.717) is 25.3 Å². The van der Waals surface area contributed by atoms with Crippen LogP contribution in [0.15, 0.2) is 23.3 Å². The molecule has 28 heavy (non-hydrogen) atoms. The van der Waals surface area contributed by atoms with E-state index in [0.717, 1.165) is 34.5 Å². The summed E-state index contributed by atoms with van der Waals surface area (Å²) in [5, 5.41) is 7.65. The number of aromatic nitrogens is 1. The van der Waals surface area contributed by atoms with Crippen molar-refractivity contribution in [2.75, 3.05) is 34.9 Å². The number of aryl methyl sites for hydroxylation is 1. The first-order valence-electron chi connectivity index (χ1n) is 8.82. The minimum Gasteiger partial charge on any atom is -0.496 e. The summed E-state index contributed by atoms with van der Waals surface area (Å²) < 4.78 is 16.3. The molecule has 0 radical (unpaired) electrons. The maximum Gasteiger partial charge on any atom is 0.191 e. The largest absolute Gasteiger partial charge is 0.496 e. The first kappa shape index (κ1) is 24.3. The first-order chi connectivity index (χ1) is 13.1. The van der Waals surface area contributed by atoms with Crippen molar-refractivity contribution in [1.29, 1.82) is 0 Å². The highest BCUT2D eigenvalue weighted by atomic mass is 127. The Morgan fingerprint density at radius 2 is 1.79 bits per heavy atom. The summed E-state index contributed by atoms with van der Waals surface area (Å²) >= 11 is 1.72. The van der Waals surface area contributed by atoms with Crippen LogP contribution in [0.5, 0.6) is 17.2 Å². The Labute approximate surface area is 187 Å². The molecule has 1 aromatic heterocycles. The van der Waals surface area contributed by atoms with E-state index in [9.17, 15) is 0 Å². The average Bonchev–Trinajstić information content (AvgIpc) is 3.18. The summed E-state index contributed by atoms with van der Waals surface area (Å²) in [4.78, 5) is 9.96. The van der Waals surface area contributed by atoms with Gasteiger partial charge < -0.3 is 24.8 Å². The fourth-order valence-corrected chi connectivity index (χ4v) is 3.41.